The highest BCUT2D eigenvalue weighted by molar-refractivity contribution is 7.09. The number of hydrogen-bond acceptors (Lipinski definition) is 7. The van der Waals surface area contributed by atoms with E-state index in [4.69, 9.17) is 9.47 Å². The number of piperazine rings is 1. The summed E-state index contributed by atoms with van der Waals surface area (Å²) in [6, 6.07) is 5.27. The molecule has 1 aliphatic carbocycles. The average molecular weight is 374 g/mol. The molecule has 26 heavy (non-hydrogen) atoms. The van der Waals surface area contributed by atoms with Crippen LogP contribution in [0.15, 0.2) is 18.2 Å². The third-order valence-electron chi connectivity index (χ3n) is 4.81. The van der Waals surface area contributed by atoms with Gasteiger partial charge in [-0.25, -0.2) is 4.98 Å². The van der Waals surface area contributed by atoms with Crippen molar-refractivity contribution in [1.29, 1.82) is 0 Å². The maximum Gasteiger partial charge on any atom is 0.254 e. The van der Waals surface area contributed by atoms with Gasteiger partial charge in [-0.2, -0.15) is 4.37 Å². The molecule has 1 saturated heterocycles. The number of methoxy groups -OCH3 is 2. The van der Waals surface area contributed by atoms with Gasteiger partial charge in [-0.15, -0.1) is 0 Å². The van der Waals surface area contributed by atoms with Crippen LogP contribution < -0.4 is 14.4 Å². The first kappa shape index (κ1) is 17.1. The summed E-state index contributed by atoms with van der Waals surface area (Å²) >= 11 is 1.47. The lowest BCUT2D eigenvalue weighted by Crippen LogP contribution is -2.48. The van der Waals surface area contributed by atoms with Crippen molar-refractivity contribution < 1.29 is 14.3 Å². The van der Waals surface area contributed by atoms with Gasteiger partial charge in [0.25, 0.3) is 5.91 Å². The van der Waals surface area contributed by atoms with Gasteiger partial charge in [-0.05, 0) is 25.0 Å². The summed E-state index contributed by atoms with van der Waals surface area (Å²) in [5.41, 5.74) is 0.585. The van der Waals surface area contributed by atoms with Gasteiger partial charge in [0.1, 0.15) is 17.3 Å². The molecule has 1 amide bonds. The van der Waals surface area contributed by atoms with E-state index in [-0.39, 0.29) is 5.91 Å². The maximum absolute atomic E-state index is 12.9. The van der Waals surface area contributed by atoms with E-state index >= 15 is 0 Å². The van der Waals surface area contributed by atoms with Crippen molar-refractivity contribution in [2.75, 3.05) is 45.3 Å². The van der Waals surface area contributed by atoms with Crippen LogP contribution in [0, 0.1) is 0 Å². The molecule has 2 aliphatic rings. The molecule has 138 valence electrons. The molecular formula is C18H22N4O3S. The zero-order valence-corrected chi connectivity index (χ0v) is 15.8. The van der Waals surface area contributed by atoms with Crippen LogP contribution >= 0.6 is 11.5 Å². The van der Waals surface area contributed by atoms with Gasteiger partial charge in [0.15, 0.2) is 0 Å². The summed E-state index contributed by atoms with van der Waals surface area (Å²) in [5, 5.41) is 0.974. The topological polar surface area (TPSA) is 67.8 Å². The molecule has 8 heteroatoms. The predicted molar refractivity (Wildman–Crippen MR) is 99.5 cm³/mol. The van der Waals surface area contributed by atoms with E-state index in [1.807, 2.05) is 4.90 Å². The highest BCUT2D eigenvalue weighted by atomic mass is 32.1. The standard InChI is InChI=1S/C18H22N4O3S/c1-24-14-9-13(10-15(11-14)25-2)17(23)21-5-7-22(8-6-21)18-19-16(20-26-18)12-3-4-12/h9-12H,3-8H2,1-2H3. The summed E-state index contributed by atoms with van der Waals surface area (Å²) in [4.78, 5) is 21.6. The number of aromatic nitrogens is 2. The second-order valence-electron chi connectivity index (χ2n) is 6.59. The maximum atomic E-state index is 12.9. The number of carbonyl (C=O) groups excluding carboxylic acids is 1. The lowest BCUT2D eigenvalue weighted by molar-refractivity contribution is 0.0746. The fraction of sp³-hybridized carbons (Fsp3) is 0.500. The molecule has 0 atom stereocenters. The van der Waals surface area contributed by atoms with Crippen LogP contribution in [0.1, 0.15) is 34.9 Å². The summed E-state index contributed by atoms with van der Waals surface area (Å²) in [7, 11) is 3.17. The Kier molecular flexibility index (Phi) is 4.67. The molecule has 1 aromatic carbocycles. The van der Waals surface area contributed by atoms with E-state index < -0.39 is 0 Å². The SMILES string of the molecule is COc1cc(OC)cc(C(=O)N2CCN(c3nc(C4CC4)ns3)CC2)c1. The van der Waals surface area contributed by atoms with Crippen molar-refractivity contribution in [3.8, 4) is 11.5 Å². The number of anilines is 1. The largest absolute Gasteiger partial charge is 0.497 e. The van der Waals surface area contributed by atoms with Crippen molar-refractivity contribution >= 4 is 22.6 Å². The molecule has 1 aliphatic heterocycles. The highest BCUT2D eigenvalue weighted by Crippen LogP contribution is 2.39. The van der Waals surface area contributed by atoms with Gasteiger partial charge in [-0.1, -0.05) is 0 Å². The van der Waals surface area contributed by atoms with Crippen LogP contribution in [0.2, 0.25) is 0 Å². The van der Waals surface area contributed by atoms with Crippen LogP contribution in [-0.4, -0.2) is 60.6 Å². The number of nitrogens with zero attached hydrogens (tertiary/aromatic N) is 4. The van der Waals surface area contributed by atoms with Crippen LogP contribution in [-0.2, 0) is 0 Å². The van der Waals surface area contributed by atoms with Gasteiger partial charge >= 0.3 is 0 Å². The number of benzene rings is 1. The van der Waals surface area contributed by atoms with Gasteiger partial charge in [-0.3, -0.25) is 4.79 Å². The molecule has 0 N–H and O–H groups in total. The quantitative estimate of drug-likeness (QED) is 0.801. The Morgan fingerprint density at radius 3 is 2.31 bits per heavy atom. The number of amides is 1. The Hall–Kier alpha value is -2.35. The number of ether oxygens (including phenoxy) is 2. The van der Waals surface area contributed by atoms with Crippen molar-refractivity contribution in [2.24, 2.45) is 0 Å². The first-order valence-corrected chi connectivity index (χ1v) is 9.56. The van der Waals surface area contributed by atoms with Gasteiger partial charge < -0.3 is 19.3 Å². The zero-order chi connectivity index (χ0) is 18.1. The minimum absolute atomic E-state index is 0.00205. The molecule has 2 heterocycles. The normalized spacial score (nSPS) is 17.3. The van der Waals surface area contributed by atoms with Gasteiger partial charge in [0, 0.05) is 55.3 Å². The first-order chi connectivity index (χ1) is 12.7. The monoisotopic (exact) mass is 374 g/mol. The van der Waals surface area contributed by atoms with E-state index in [2.05, 4.69) is 14.3 Å². The van der Waals surface area contributed by atoms with Crippen molar-refractivity contribution in [3.05, 3.63) is 29.6 Å². The molecule has 2 aromatic rings. The van der Waals surface area contributed by atoms with Gasteiger partial charge in [0.05, 0.1) is 14.2 Å². The Morgan fingerprint density at radius 1 is 1.08 bits per heavy atom. The number of hydrogen-bond donors (Lipinski definition) is 0. The fourth-order valence-electron chi connectivity index (χ4n) is 3.08. The minimum Gasteiger partial charge on any atom is -0.497 e. The Labute approximate surface area is 156 Å². The number of rotatable bonds is 5. The highest BCUT2D eigenvalue weighted by Gasteiger charge is 2.30. The summed E-state index contributed by atoms with van der Waals surface area (Å²) < 4.78 is 15.0. The van der Waals surface area contributed by atoms with Crippen molar-refractivity contribution in [2.45, 2.75) is 18.8 Å². The summed E-state index contributed by atoms with van der Waals surface area (Å²) in [6.07, 6.45) is 2.42. The molecule has 0 unspecified atom stereocenters. The first-order valence-electron chi connectivity index (χ1n) is 8.79. The molecule has 2 fully saturated rings. The molecule has 0 spiro atoms. The molecule has 1 aromatic heterocycles. The lowest BCUT2D eigenvalue weighted by atomic mass is 10.1. The van der Waals surface area contributed by atoms with E-state index in [9.17, 15) is 4.79 Å². The Bertz CT molecular complexity index is 775. The third kappa shape index (κ3) is 3.46. The van der Waals surface area contributed by atoms with E-state index in [0.29, 0.717) is 36.1 Å². The van der Waals surface area contributed by atoms with Crippen LogP contribution in [0.4, 0.5) is 5.13 Å². The zero-order valence-electron chi connectivity index (χ0n) is 15.0. The van der Waals surface area contributed by atoms with E-state index in [1.54, 1.807) is 32.4 Å². The smallest absolute Gasteiger partial charge is 0.254 e. The van der Waals surface area contributed by atoms with E-state index in [1.165, 1.54) is 24.4 Å². The van der Waals surface area contributed by atoms with Gasteiger partial charge in [0.2, 0.25) is 5.13 Å². The summed E-state index contributed by atoms with van der Waals surface area (Å²) in [5.74, 6) is 2.80. The van der Waals surface area contributed by atoms with E-state index in [0.717, 1.165) is 24.0 Å². The lowest BCUT2D eigenvalue weighted by Gasteiger charge is -2.34. The molecule has 7 nitrogen and oxygen atoms in total. The molecule has 4 rings (SSSR count). The van der Waals surface area contributed by atoms with Crippen LogP contribution in [0.25, 0.3) is 0 Å². The fourth-order valence-corrected chi connectivity index (χ4v) is 3.87. The Morgan fingerprint density at radius 2 is 1.73 bits per heavy atom. The van der Waals surface area contributed by atoms with Crippen molar-refractivity contribution in [1.82, 2.24) is 14.3 Å². The average Bonchev–Trinajstić information content (AvgIpc) is 3.43. The Balaban J connectivity index is 1.41. The third-order valence-corrected chi connectivity index (χ3v) is 5.60. The molecule has 0 radical (unpaired) electrons. The minimum atomic E-state index is -0.00205. The second-order valence-corrected chi connectivity index (χ2v) is 7.32. The van der Waals surface area contributed by atoms with Crippen LogP contribution in [0.5, 0.6) is 11.5 Å². The van der Waals surface area contributed by atoms with Crippen molar-refractivity contribution in [3.63, 3.8) is 0 Å². The molecule has 1 saturated carbocycles. The second kappa shape index (κ2) is 7.11. The number of carbonyl (C=O) groups is 1. The molecular weight excluding hydrogens is 352 g/mol. The van der Waals surface area contributed by atoms with Crippen LogP contribution in [0.3, 0.4) is 0 Å². The predicted octanol–water partition coefficient (Wildman–Crippen LogP) is 2.40. The molecule has 0 bridgehead atoms. The summed E-state index contributed by atoms with van der Waals surface area (Å²) in [6.45, 7) is 2.87.